The molecule has 2 aromatic rings. The van der Waals surface area contributed by atoms with E-state index in [0.29, 0.717) is 10.8 Å². The fraction of sp³-hybridized carbons (Fsp3) is 0.613. The zero-order valence-electron chi connectivity index (χ0n) is 23.1. The summed E-state index contributed by atoms with van der Waals surface area (Å²) in [6.07, 6.45) is 6.56. The van der Waals surface area contributed by atoms with E-state index >= 15 is 0 Å². The predicted octanol–water partition coefficient (Wildman–Crippen LogP) is 9.29. The highest BCUT2D eigenvalue weighted by Crippen LogP contribution is 2.31. The molecule has 0 fully saturated rings. The van der Waals surface area contributed by atoms with E-state index in [4.69, 9.17) is 9.98 Å². The molecule has 0 atom stereocenters. The van der Waals surface area contributed by atoms with Crippen LogP contribution in [-0.4, -0.2) is 10.7 Å². The van der Waals surface area contributed by atoms with E-state index in [1.165, 1.54) is 22.4 Å². The monoisotopic (exact) mass is 448 g/mol. The third-order valence-electron chi connectivity index (χ3n) is 6.05. The number of pyridine rings is 1. The zero-order valence-corrected chi connectivity index (χ0v) is 23.1. The smallest absolute Gasteiger partial charge is 0.152 e. The number of aromatic nitrogens is 1. The Bertz CT molecular complexity index is 894. The van der Waals surface area contributed by atoms with E-state index in [0.717, 1.165) is 50.0 Å². The zero-order chi connectivity index (χ0) is 24.9. The summed E-state index contributed by atoms with van der Waals surface area (Å²) in [5.41, 5.74) is 7.36. The van der Waals surface area contributed by atoms with Crippen LogP contribution < -0.4 is 0 Å². The average molecular weight is 449 g/mol. The molecule has 0 radical (unpaired) electrons. The Morgan fingerprint density at radius 1 is 0.697 bits per heavy atom. The van der Waals surface area contributed by atoms with Crippen LogP contribution >= 0.6 is 0 Å². The number of hydrogen-bond acceptors (Lipinski definition) is 2. The van der Waals surface area contributed by atoms with Crippen molar-refractivity contribution in [2.45, 2.75) is 108 Å². The molecule has 0 aliphatic heterocycles. The van der Waals surface area contributed by atoms with Gasteiger partial charge in [0.2, 0.25) is 0 Å². The van der Waals surface area contributed by atoms with E-state index < -0.39 is 0 Å². The van der Waals surface area contributed by atoms with Crippen molar-refractivity contribution >= 4 is 11.5 Å². The van der Waals surface area contributed by atoms with E-state index in [-0.39, 0.29) is 5.41 Å². The van der Waals surface area contributed by atoms with E-state index in [9.17, 15) is 0 Å². The normalized spacial score (nSPS) is 13.5. The Labute approximate surface area is 204 Å². The minimum absolute atomic E-state index is 0.257. The molecule has 182 valence electrons. The number of benzene rings is 1. The van der Waals surface area contributed by atoms with Crippen molar-refractivity contribution in [3.63, 3.8) is 0 Å². The molecular formula is C31H48N2. The average Bonchev–Trinajstić information content (AvgIpc) is 2.66. The third kappa shape index (κ3) is 10.2. The molecule has 33 heavy (non-hydrogen) atoms. The number of nitrogens with zero attached hydrogens (tertiary/aromatic N) is 2. The van der Waals surface area contributed by atoms with Crippen LogP contribution in [-0.2, 0) is 12.8 Å². The first-order valence-corrected chi connectivity index (χ1v) is 12.8. The van der Waals surface area contributed by atoms with Crippen molar-refractivity contribution < 1.29 is 0 Å². The maximum Gasteiger partial charge on any atom is 0.152 e. The lowest BCUT2D eigenvalue weighted by Crippen LogP contribution is -2.16. The lowest BCUT2D eigenvalue weighted by atomic mass is 9.81. The summed E-state index contributed by atoms with van der Waals surface area (Å²) >= 11 is 0. The predicted molar refractivity (Wildman–Crippen MR) is 146 cm³/mol. The number of aliphatic imine (C=N–C) groups is 1. The van der Waals surface area contributed by atoms with Crippen molar-refractivity contribution in [2.24, 2.45) is 21.2 Å². The second-order valence-corrected chi connectivity index (χ2v) is 13.3. The van der Waals surface area contributed by atoms with Gasteiger partial charge in [-0.2, -0.15) is 0 Å². The molecule has 0 aliphatic rings. The van der Waals surface area contributed by atoms with Gasteiger partial charge in [-0.15, -0.1) is 0 Å². The Hall–Kier alpha value is -1.96. The van der Waals surface area contributed by atoms with Gasteiger partial charge < -0.3 is 0 Å². The maximum absolute atomic E-state index is 5.21. The summed E-state index contributed by atoms with van der Waals surface area (Å²) in [5, 5.41) is 0. The SMILES string of the molecule is Cc1cccc(/N=C(\CCC(C)(C)C)c2c(CCC(C)(C)C)cccc2CCC(C)(C)C)n1. The second-order valence-electron chi connectivity index (χ2n) is 13.3. The van der Waals surface area contributed by atoms with Gasteiger partial charge in [0.05, 0.1) is 5.71 Å². The number of rotatable bonds is 8. The van der Waals surface area contributed by atoms with Crippen LogP contribution in [0.5, 0.6) is 0 Å². The van der Waals surface area contributed by atoms with Gasteiger partial charge in [0.1, 0.15) is 0 Å². The standard InChI is InChI=1S/C31H48N2/c1-23-13-11-16-27(32-23)33-26(19-22-31(8,9)10)28-24(17-20-29(2,3)4)14-12-15-25(28)18-21-30(5,6)7/h11-16H,17-22H2,1-10H3/b33-26+. The first kappa shape index (κ1) is 27.3. The van der Waals surface area contributed by atoms with Gasteiger partial charge in [-0.25, -0.2) is 9.98 Å². The molecule has 2 heteroatoms. The van der Waals surface area contributed by atoms with Gasteiger partial charge in [0.25, 0.3) is 0 Å². The topological polar surface area (TPSA) is 25.2 Å². The van der Waals surface area contributed by atoms with Crippen molar-refractivity contribution in [1.29, 1.82) is 0 Å². The molecule has 0 saturated carbocycles. The molecule has 0 spiro atoms. The Morgan fingerprint density at radius 3 is 1.64 bits per heavy atom. The van der Waals surface area contributed by atoms with E-state index in [1.54, 1.807) is 0 Å². The summed E-state index contributed by atoms with van der Waals surface area (Å²) < 4.78 is 0. The van der Waals surface area contributed by atoms with Crippen LogP contribution in [0.1, 0.15) is 110 Å². The third-order valence-corrected chi connectivity index (χ3v) is 6.05. The van der Waals surface area contributed by atoms with Gasteiger partial charge in [-0.1, -0.05) is 86.6 Å². The maximum atomic E-state index is 5.21. The summed E-state index contributed by atoms with van der Waals surface area (Å²) in [6, 6.07) is 13.1. The Morgan fingerprint density at radius 2 is 1.18 bits per heavy atom. The molecule has 2 rings (SSSR count). The van der Waals surface area contributed by atoms with Crippen LogP contribution in [0, 0.1) is 23.2 Å². The molecule has 1 aromatic carbocycles. The van der Waals surface area contributed by atoms with Crippen LogP contribution in [0.15, 0.2) is 41.4 Å². The molecule has 0 saturated heterocycles. The first-order valence-electron chi connectivity index (χ1n) is 12.8. The van der Waals surface area contributed by atoms with Gasteiger partial charge >= 0.3 is 0 Å². The van der Waals surface area contributed by atoms with Crippen LogP contribution in [0.3, 0.4) is 0 Å². The van der Waals surface area contributed by atoms with Crippen molar-refractivity contribution in [3.05, 3.63) is 58.8 Å². The molecule has 0 unspecified atom stereocenters. The lowest BCUT2D eigenvalue weighted by Gasteiger charge is -2.25. The molecule has 1 aromatic heterocycles. The molecule has 2 nitrogen and oxygen atoms in total. The highest BCUT2D eigenvalue weighted by Gasteiger charge is 2.21. The molecule has 0 bridgehead atoms. The highest BCUT2D eigenvalue weighted by molar-refractivity contribution is 6.04. The molecule has 1 heterocycles. The van der Waals surface area contributed by atoms with Crippen molar-refractivity contribution in [3.8, 4) is 0 Å². The molecular weight excluding hydrogens is 400 g/mol. The van der Waals surface area contributed by atoms with E-state index in [1.807, 2.05) is 19.1 Å². The quantitative estimate of drug-likeness (QED) is 0.369. The Balaban J connectivity index is 2.62. The summed E-state index contributed by atoms with van der Waals surface area (Å²) in [5.74, 6) is 0.825. The highest BCUT2D eigenvalue weighted by atomic mass is 14.9. The van der Waals surface area contributed by atoms with Gasteiger partial charge in [-0.3, -0.25) is 0 Å². The largest absolute Gasteiger partial charge is 0.234 e. The van der Waals surface area contributed by atoms with Crippen LogP contribution in [0.2, 0.25) is 0 Å². The first-order chi connectivity index (χ1) is 15.1. The molecule has 0 amide bonds. The van der Waals surface area contributed by atoms with Gasteiger partial charge in [0.15, 0.2) is 5.82 Å². The molecule has 0 N–H and O–H groups in total. The van der Waals surface area contributed by atoms with Crippen molar-refractivity contribution in [2.75, 3.05) is 0 Å². The molecule has 0 aliphatic carbocycles. The van der Waals surface area contributed by atoms with Crippen LogP contribution in [0.25, 0.3) is 0 Å². The Kier molecular flexibility index (Phi) is 9.08. The fourth-order valence-corrected chi connectivity index (χ4v) is 3.92. The van der Waals surface area contributed by atoms with Gasteiger partial charge in [-0.05, 0) is 85.0 Å². The van der Waals surface area contributed by atoms with Crippen LogP contribution in [0.4, 0.5) is 5.82 Å². The summed E-state index contributed by atoms with van der Waals surface area (Å²) in [6.45, 7) is 23.0. The van der Waals surface area contributed by atoms with Gasteiger partial charge in [0, 0.05) is 11.3 Å². The lowest BCUT2D eigenvalue weighted by molar-refractivity contribution is 0.376. The summed E-state index contributed by atoms with van der Waals surface area (Å²) in [4.78, 5) is 9.93. The van der Waals surface area contributed by atoms with Crippen molar-refractivity contribution in [1.82, 2.24) is 4.98 Å². The fourth-order valence-electron chi connectivity index (χ4n) is 3.92. The second kappa shape index (κ2) is 11.0. The minimum atomic E-state index is 0.257. The summed E-state index contributed by atoms with van der Waals surface area (Å²) in [7, 11) is 0. The minimum Gasteiger partial charge on any atom is -0.234 e. The number of aryl methyl sites for hydroxylation is 3. The van der Waals surface area contributed by atoms with E-state index in [2.05, 4.69) is 86.6 Å². The number of hydrogen-bond donors (Lipinski definition) is 0.